The number of amides is 4. The molecular formula is C22H16F3N3O4S. The molecule has 33 heavy (non-hydrogen) atoms. The number of halogens is 3. The summed E-state index contributed by atoms with van der Waals surface area (Å²) in [5, 5.41) is 4.61. The van der Waals surface area contributed by atoms with Crippen LogP contribution in [0.5, 0.6) is 5.75 Å². The zero-order valence-corrected chi connectivity index (χ0v) is 17.9. The molecule has 0 saturated carbocycles. The summed E-state index contributed by atoms with van der Waals surface area (Å²) in [6.07, 6.45) is 0. The molecule has 0 unspecified atom stereocenters. The minimum atomic E-state index is -4.41. The van der Waals surface area contributed by atoms with Gasteiger partial charge in [-0.3, -0.25) is 14.9 Å². The molecule has 4 rings (SSSR count). The highest BCUT2D eigenvalue weighted by Crippen LogP contribution is 2.36. The van der Waals surface area contributed by atoms with Gasteiger partial charge in [-0.2, -0.15) is 13.2 Å². The van der Waals surface area contributed by atoms with Crippen LogP contribution in [-0.4, -0.2) is 47.4 Å². The minimum absolute atomic E-state index is 0.00877. The lowest BCUT2D eigenvalue weighted by atomic mass is 9.99. The Balaban J connectivity index is 1.58. The number of nitrogens with one attached hydrogen (secondary N) is 2. The molecule has 7 nitrogen and oxygen atoms in total. The predicted molar refractivity (Wildman–Crippen MR) is 112 cm³/mol. The first-order valence-corrected chi connectivity index (χ1v) is 10.4. The van der Waals surface area contributed by atoms with Crippen molar-refractivity contribution in [2.24, 2.45) is 0 Å². The van der Waals surface area contributed by atoms with Gasteiger partial charge in [0.2, 0.25) is 5.54 Å². The van der Waals surface area contributed by atoms with Crippen molar-refractivity contribution in [1.82, 2.24) is 15.5 Å². The van der Waals surface area contributed by atoms with Crippen LogP contribution < -0.4 is 15.4 Å². The summed E-state index contributed by atoms with van der Waals surface area (Å²) in [6.45, 7) is 0.00349. The molecule has 2 aromatic carbocycles. The number of methoxy groups -OCH3 is 1. The van der Waals surface area contributed by atoms with Crippen LogP contribution >= 0.6 is 11.8 Å². The molecule has 4 amide bonds. The van der Waals surface area contributed by atoms with Gasteiger partial charge in [-0.15, -0.1) is 0 Å². The average Bonchev–Trinajstić information content (AvgIpc) is 3.21. The molecule has 1 saturated heterocycles. The van der Waals surface area contributed by atoms with Gasteiger partial charge in [0, 0.05) is 22.6 Å². The number of carbonyl (C=O) groups is 3. The maximum Gasteiger partial charge on any atom is 0.446 e. The Bertz CT molecular complexity index is 1200. The lowest BCUT2D eigenvalue weighted by Gasteiger charge is -2.26. The maximum absolute atomic E-state index is 12.9. The van der Waals surface area contributed by atoms with Crippen LogP contribution in [0.2, 0.25) is 0 Å². The fourth-order valence-corrected chi connectivity index (χ4v) is 4.07. The largest absolute Gasteiger partial charge is 0.497 e. The molecule has 0 aliphatic carbocycles. The molecular weight excluding hydrogens is 459 g/mol. The standard InChI is InChI=1S/C22H16F3N3O4S/c1-32-15-5-4-14-11-28(18(29)17(14)10-15)12-21(19(30)26-20(31)27-21)9-8-13-2-6-16(7-3-13)33-22(23,24)25/h2-7,10H,11-12H2,1H3,(H2,26,27,30,31)/t21-/m1/s1. The van der Waals surface area contributed by atoms with Crippen LogP contribution in [0.25, 0.3) is 0 Å². The number of carbonyl (C=O) groups excluding carboxylic acids is 3. The van der Waals surface area contributed by atoms with Gasteiger partial charge in [-0.1, -0.05) is 17.9 Å². The molecule has 1 atom stereocenters. The highest BCUT2D eigenvalue weighted by atomic mass is 32.2. The molecule has 2 N–H and O–H groups in total. The summed E-state index contributed by atoms with van der Waals surface area (Å²) in [7, 11) is 1.48. The van der Waals surface area contributed by atoms with Crippen molar-refractivity contribution < 1.29 is 32.3 Å². The summed E-state index contributed by atoms with van der Waals surface area (Å²) in [5.74, 6) is 4.89. The monoisotopic (exact) mass is 475 g/mol. The van der Waals surface area contributed by atoms with Crippen LogP contribution in [0.15, 0.2) is 47.4 Å². The molecule has 2 aliphatic rings. The van der Waals surface area contributed by atoms with E-state index in [1.54, 1.807) is 18.2 Å². The average molecular weight is 475 g/mol. The first kappa shape index (κ1) is 22.5. The third-order valence-electron chi connectivity index (χ3n) is 5.07. The van der Waals surface area contributed by atoms with Crippen LogP contribution in [-0.2, 0) is 11.3 Å². The van der Waals surface area contributed by atoms with Gasteiger partial charge in [-0.05, 0) is 53.7 Å². The van der Waals surface area contributed by atoms with Gasteiger partial charge >= 0.3 is 11.5 Å². The Kier molecular flexibility index (Phi) is 5.71. The minimum Gasteiger partial charge on any atom is -0.497 e. The number of benzene rings is 2. The fourth-order valence-electron chi connectivity index (χ4n) is 3.53. The number of hydrogen-bond acceptors (Lipinski definition) is 5. The van der Waals surface area contributed by atoms with Gasteiger partial charge in [0.05, 0.1) is 13.7 Å². The second kappa shape index (κ2) is 8.37. The van der Waals surface area contributed by atoms with Crippen molar-refractivity contribution in [3.05, 3.63) is 59.2 Å². The lowest BCUT2D eigenvalue weighted by Crippen LogP contribution is -2.54. The third kappa shape index (κ3) is 4.75. The van der Waals surface area contributed by atoms with E-state index in [9.17, 15) is 27.6 Å². The van der Waals surface area contributed by atoms with Crippen molar-refractivity contribution in [2.45, 2.75) is 22.5 Å². The second-order valence-electron chi connectivity index (χ2n) is 7.32. The Morgan fingerprint density at radius 3 is 2.48 bits per heavy atom. The van der Waals surface area contributed by atoms with E-state index in [1.165, 1.54) is 36.3 Å². The van der Waals surface area contributed by atoms with E-state index in [2.05, 4.69) is 22.5 Å². The van der Waals surface area contributed by atoms with E-state index in [4.69, 9.17) is 4.74 Å². The molecule has 2 aromatic rings. The van der Waals surface area contributed by atoms with Crippen molar-refractivity contribution in [3.8, 4) is 17.6 Å². The summed E-state index contributed by atoms with van der Waals surface area (Å²) in [5.41, 5.74) is -4.60. The number of nitrogens with zero attached hydrogens (tertiary/aromatic N) is 1. The van der Waals surface area contributed by atoms with Crippen LogP contribution in [0.3, 0.4) is 0 Å². The van der Waals surface area contributed by atoms with E-state index in [0.29, 0.717) is 16.9 Å². The zero-order chi connectivity index (χ0) is 23.8. The van der Waals surface area contributed by atoms with Crippen LogP contribution in [0, 0.1) is 11.8 Å². The quantitative estimate of drug-likeness (QED) is 0.404. The number of fused-ring (bicyclic) bond motifs is 1. The number of thioether (sulfide) groups is 1. The predicted octanol–water partition coefficient (Wildman–Crippen LogP) is 2.89. The molecule has 2 aliphatic heterocycles. The summed E-state index contributed by atoms with van der Waals surface area (Å²) < 4.78 is 42.7. The molecule has 170 valence electrons. The summed E-state index contributed by atoms with van der Waals surface area (Å²) >= 11 is -0.251. The highest BCUT2D eigenvalue weighted by Gasteiger charge is 2.48. The van der Waals surface area contributed by atoms with E-state index in [-0.39, 0.29) is 35.7 Å². The van der Waals surface area contributed by atoms with E-state index in [1.807, 2.05) is 0 Å². The second-order valence-corrected chi connectivity index (χ2v) is 8.46. The van der Waals surface area contributed by atoms with Gasteiger partial charge < -0.3 is 15.0 Å². The number of imide groups is 1. The van der Waals surface area contributed by atoms with Crippen LogP contribution in [0.1, 0.15) is 21.5 Å². The number of hydrogen-bond donors (Lipinski definition) is 2. The van der Waals surface area contributed by atoms with Crippen molar-refractivity contribution in [1.29, 1.82) is 0 Å². The maximum atomic E-state index is 12.9. The molecule has 0 bridgehead atoms. The topological polar surface area (TPSA) is 87.7 Å². The smallest absolute Gasteiger partial charge is 0.446 e. The first-order chi connectivity index (χ1) is 15.6. The lowest BCUT2D eigenvalue weighted by molar-refractivity contribution is -0.122. The Labute approximate surface area is 190 Å². The van der Waals surface area contributed by atoms with Gasteiger partial charge in [0.25, 0.3) is 11.8 Å². The van der Waals surface area contributed by atoms with E-state index < -0.39 is 23.0 Å². The number of urea groups is 1. The molecule has 1 fully saturated rings. The van der Waals surface area contributed by atoms with Gasteiger partial charge in [0.15, 0.2) is 0 Å². The summed E-state index contributed by atoms with van der Waals surface area (Å²) in [4.78, 5) is 38.8. The van der Waals surface area contributed by atoms with E-state index >= 15 is 0 Å². The van der Waals surface area contributed by atoms with Gasteiger partial charge in [0.1, 0.15) is 5.75 Å². The van der Waals surface area contributed by atoms with Crippen molar-refractivity contribution >= 4 is 29.6 Å². The van der Waals surface area contributed by atoms with Crippen molar-refractivity contribution in [2.75, 3.05) is 13.7 Å². The van der Waals surface area contributed by atoms with Crippen LogP contribution in [0.4, 0.5) is 18.0 Å². The Morgan fingerprint density at radius 1 is 1.15 bits per heavy atom. The van der Waals surface area contributed by atoms with Gasteiger partial charge in [-0.25, -0.2) is 4.79 Å². The molecule has 11 heteroatoms. The molecule has 0 spiro atoms. The van der Waals surface area contributed by atoms with Crippen molar-refractivity contribution in [3.63, 3.8) is 0 Å². The third-order valence-corrected chi connectivity index (χ3v) is 5.81. The molecule has 2 heterocycles. The fraction of sp³-hybridized carbons (Fsp3) is 0.227. The SMILES string of the molecule is COc1ccc2c(c1)C(=O)N(C[C@@]1(C#Cc3ccc(SC(F)(F)F)cc3)NC(=O)NC1=O)C2. The number of alkyl halides is 3. The zero-order valence-electron chi connectivity index (χ0n) is 17.1. The number of rotatable bonds is 4. The number of ether oxygens (including phenoxy) is 1. The molecule has 0 radical (unpaired) electrons. The van der Waals surface area contributed by atoms with E-state index in [0.717, 1.165) is 5.56 Å². The molecule has 0 aromatic heterocycles. The summed E-state index contributed by atoms with van der Waals surface area (Å²) in [6, 6.07) is 9.60. The Hall–Kier alpha value is -3.65. The first-order valence-electron chi connectivity index (χ1n) is 9.57. The normalized spacial score (nSPS) is 19.5. The highest BCUT2D eigenvalue weighted by molar-refractivity contribution is 8.00. The Morgan fingerprint density at radius 2 is 1.88 bits per heavy atom.